The molecular weight excluding hydrogens is 176 g/mol. The van der Waals surface area contributed by atoms with E-state index in [-0.39, 0.29) is 12.1 Å². The fourth-order valence-electron chi connectivity index (χ4n) is 2.38. The molecule has 0 aromatic heterocycles. The summed E-state index contributed by atoms with van der Waals surface area (Å²) in [6.45, 7) is 7.06. The lowest BCUT2D eigenvalue weighted by molar-refractivity contribution is -0.131. The molecule has 1 heterocycles. The number of carbonyl (C=O) groups excluding carboxylic acids is 1. The van der Waals surface area contributed by atoms with Crippen LogP contribution in [0.1, 0.15) is 33.6 Å². The molecular formula is C11H20N2O. The van der Waals surface area contributed by atoms with E-state index in [1.54, 1.807) is 0 Å². The van der Waals surface area contributed by atoms with Gasteiger partial charge in [-0.15, -0.1) is 0 Å². The molecule has 2 rings (SSSR count). The third-order valence-corrected chi connectivity index (χ3v) is 3.42. The summed E-state index contributed by atoms with van der Waals surface area (Å²) in [7, 11) is 0. The molecule has 0 aromatic carbocycles. The molecule has 3 nitrogen and oxygen atoms in total. The van der Waals surface area contributed by atoms with Crippen LogP contribution in [-0.4, -0.2) is 29.6 Å². The normalized spacial score (nSPS) is 30.1. The maximum atomic E-state index is 11.7. The Labute approximate surface area is 85.8 Å². The van der Waals surface area contributed by atoms with Crippen molar-refractivity contribution in [2.75, 3.05) is 6.54 Å². The molecule has 3 heteroatoms. The highest BCUT2D eigenvalue weighted by Gasteiger charge is 2.41. The van der Waals surface area contributed by atoms with E-state index in [0.29, 0.717) is 18.5 Å². The van der Waals surface area contributed by atoms with Crippen LogP contribution in [0.25, 0.3) is 0 Å². The summed E-state index contributed by atoms with van der Waals surface area (Å²) in [6.07, 6.45) is 2.86. The molecule has 1 N–H and O–H groups in total. The molecule has 1 aliphatic heterocycles. The first-order valence-corrected chi connectivity index (χ1v) is 5.66. The topological polar surface area (TPSA) is 32.3 Å². The fourth-order valence-corrected chi connectivity index (χ4v) is 2.38. The molecule has 2 aliphatic rings. The second-order valence-corrected chi connectivity index (χ2v) is 4.95. The van der Waals surface area contributed by atoms with Crippen LogP contribution in [0, 0.1) is 11.8 Å². The number of hydrogen-bond acceptors (Lipinski definition) is 2. The maximum Gasteiger partial charge on any atom is 0.238 e. The molecule has 0 radical (unpaired) electrons. The van der Waals surface area contributed by atoms with Crippen molar-refractivity contribution in [2.24, 2.45) is 11.8 Å². The molecule has 1 aliphatic carbocycles. The summed E-state index contributed by atoms with van der Waals surface area (Å²) in [6, 6.07) is 0.435. The number of nitrogens with zero attached hydrogens (tertiary/aromatic N) is 1. The van der Waals surface area contributed by atoms with Gasteiger partial charge in [-0.05, 0) is 31.6 Å². The van der Waals surface area contributed by atoms with Crippen LogP contribution in [-0.2, 0) is 4.79 Å². The van der Waals surface area contributed by atoms with Gasteiger partial charge in [0, 0.05) is 6.04 Å². The van der Waals surface area contributed by atoms with E-state index in [0.717, 1.165) is 5.92 Å². The predicted molar refractivity (Wildman–Crippen MR) is 55.7 cm³/mol. The molecule has 0 spiro atoms. The van der Waals surface area contributed by atoms with Crippen LogP contribution in [0.15, 0.2) is 0 Å². The van der Waals surface area contributed by atoms with Gasteiger partial charge in [0.25, 0.3) is 0 Å². The summed E-state index contributed by atoms with van der Waals surface area (Å²) in [5.74, 6) is 1.55. The van der Waals surface area contributed by atoms with Crippen LogP contribution < -0.4 is 5.32 Å². The third-order valence-electron chi connectivity index (χ3n) is 3.42. The average molecular weight is 196 g/mol. The summed E-state index contributed by atoms with van der Waals surface area (Å²) in [4.78, 5) is 13.8. The van der Waals surface area contributed by atoms with Crippen molar-refractivity contribution in [3.05, 3.63) is 0 Å². The first-order chi connectivity index (χ1) is 6.61. The molecule has 1 saturated heterocycles. The SMILES string of the molecule is CC(C)C1NCC(=O)N1C(C)C1CC1. The van der Waals surface area contributed by atoms with Gasteiger partial charge in [0.05, 0.1) is 12.7 Å². The van der Waals surface area contributed by atoms with Gasteiger partial charge in [-0.2, -0.15) is 0 Å². The van der Waals surface area contributed by atoms with Crippen molar-refractivity contribution in [1.29, 1.82) is 0 Å². The van der Waals surface area contributed by atoms with Gasteiger partial charge in [0.15, 0.2) is 0 Å². The van der Waals surface area contributed by atoms with Crippen LogP contribution in [0.2, 0.25) is 0 Å². The minimum absolute atomic E-state index is 0.262. The van der Waals surface area contributed by atoms with Crippen LogP contribution in [0.4, 0.5) is 0 Å². The van der Waals surface area contributed by atoms with Crippen LogP contribution in [0.3, 0.4) is 0 Å². The minimum atomic E-state index is 0.262. The first kappa shape index (κ1) is 9.97. The molecule has 2 atom stereocenters. The molecule has 1 saturated carbocycles. The third kappa shape index (κ3) is 1.65. The summed E-state index contributed by atoms with van der Waals surface area (Å²) in [5, 5.41) is 3.30. The van der Waals surface area contributed by atoms with E-state index >= 15 is 0 Å². The minimum Gasteiger partial charge on any atom is -0.323 e. The van der Waals surface area contributed by atoms with E-state index in [2.05, 4.69) is 31.0 Å². The van der Waals surface area contributed by atoms with Gasteiger partial charge in [-0.1, -0.05) is 13.8 Å². The molecule has 80 valence electrons. The summed E-state index contributed by atoms with van der Waals surface area (Å²) in [5.41, 5.74) is 0. The zero-order valence-corrected chi connectivity index (χ0v) is 9.29. The summed E-state index contributed by atoms with van der Waals surface area (Å²) >= 11 is 0. The van der Waals surface area contributed by atoms with Gasteiger partial charge >= 0.3 is 0 Å². The zero-order chi connectivity index (χ0) is 10.3. The van der Waals surface area contributed by atoms with E-state index in [9.17, 15) is 4.79 Å². The molecule has 2 fully saturated rings. The van der Waals surface area contributed by atoms with E-state index in [1.165, 1.54) is 12.8 Å². The molecule has 0 aromatic rings. The van der Waals surface area contributed by atoms with Crippen LogP contribution in [0.5, 0.6) is 0 Å². The van der Waals surface area contributed by atoms with Crippen molar-refractivity contribution >= 4 is 5.91 Å². The van der Waals surface area contributed by atoms with Crippen LogP contribution >= 0.6 is 0 Å². The highest BCUT2D eigenvalue weighted by Crippen LogP contribution is 2.37. The number of amides is 1. The van der Waals surface area contributed by atoms with Gasteiger partial charge in [0.2, 0.25) is 5.91 Å². The second-order valence-electron chi connectivity index (χ2n) is 4.95. The summed E-state index contributed by atoms with van der Waals surface area (Å²) < 4.78 is 0. The molecule has 1 amide bonds. The molecule has 14 heavy (non-hydrogen) atoms. The number of nitrogens with one attached hydrogen (secondary N) is 1. The van der Waals surface area contributed by atoms with Gasteiger partial charge in [-0.25, -0.2) is 0 Å². The average Bonchev–Trinajstić information content (AvgIpc) is 2.88. The number of carbonyl (C=O) groups is 1. The number of rotatable bonds is 3. The highest BCUT2D eigenvalue weighted by atomic mass is 16.2. The lowest BCUT2D eigenvalue weighted by Gasteiger charge is -2.32. The Bertz CT molecular complexity index is 235. The second kappa shape index (κ2) is 3.54. The van der Waals surface area contributed by atoms with E-state index in [1.807, 2.05) is 0 Å². The van der Waals surface area contributed by atoms with Crippen molar-refractivity contribution < 1.29 is 4.79 Å². The predicted octanol–water partition coefficient (Wildman–Crippen LogP) is 1.20. The Morgan fingerprint density at radius 1 is 1.36 bits per heavy atom. The van der Waals surface area contributed by atoms with Gasteiger partial charge in [0.1, 0.15) is 0 Å². The number of hydrogen-bond donors (Lipinski definition) is 1. The molecule has 0 bridgehead atoms. The zero-order valence-electron chi connectivity index (χ0n) is 9.29. The Morgan fingerprint density at radius 3 is 2.50 bits per heavy atom. The Kier molecular flexibility index (Phi) is 2.52. The van der Waals surface area contributed by atoms with Crippen molar-refractivity contribution in [3.8, 4) is 0 Å². The van der Waals surface area contributed by atoms with Gasteiger partial charge < -0.3 is 4.90 Å². The van der Waals surface area contributed by atoms with E-state index < -0.39 is 0 Å². The largest absolute Gasteiger partial charge is 0.323 e. The lowest BCUT2D eigenvalue weighted by Crippen LogP contribution is -2.47. The van der Waals surface area contributed by atoms with Crippen molar-refractivity contribution in [2.45, 2.75) is 45.8 Å². The molecule has 2 unspecified atom stereocenters. The fraction of sp³-hybridized carbons (Fsp3) is 0.909. The van der Waals surface area contributed by atoms with Crippen molar-refractivity contribution in [3.63, 3.8) is 0 Å². The monoisotopic (exact) mass is 196 g/mol. The standard InChI is InChI=1S/C11H20N2O/c1-7(2)11-12-6-10(14)13(11)8(3)9-4-5-9/h7-9,11-12H,4-6H2,1-3H3. The lowest BCUT2D eigenvalue weighted by atomic mass is 10.1. The van der Waals surface area contributed by atoms with E-state index in [4.69, 9.17) is 0 Å². The van der Waals surface area contributed by atoms with Crippen molar-refractivity contribution in [1.82, 2.24) is 10.2 Å². The maximum absolute atomic E-state index is 11.7. The highest BCUT2D eigenvalue weighted by molar-refractivity contribution is 5.81. The first-order valence-electron chi connectivity index (χ1n) is 5.66. The van der Waals surface area contributed by atoms with Gasteiger partial charge in [-0.3, -0.25) is 10.1 Å². The Hall–Kier alpha value is -0.570. The Balaban J connectivity index is 2.07. The Morgan fingerprint density at radius 2 is 2.00 bits per heavy atom. The quantitative estimate of drug-likeness (QED) is 0.735. The smallest absolute Gasteiger partial charge is 0.238 e.